The number of rotatable bonds is 3. The van der Waals surface area contributed by atoms with Crippen molar-refractivity contribution < 1.29 is 19.0 Å². The minimum absolute atomic E-state index is 0.0599. The topological polar surface area (TPSA) is 77.2 Å². The zero-order valence-electron chi connectivity index (χ0n) is 13.4. The van der Waals surface area contributed by atoms with Crippen molar-refractivity contribution in [2.75, 3.05) is 6.61 Å². The van der Waals surface area contributed by atoms with E-state index in [1.165, 1.54) is 6.20 Å². The Kier molecular flexibility index (Phi) is 3.93. The van der Waals surface area contributed by atoms with Gasteiger partial charge in [0.25, 0.3) is 0 Å². The van der Waals surface area contributed by atoms with Crippen molar-refractivity contribution in [1.29, 1.82) is 0 Å². The lowest BCUT2D eigenvalue weighted by Crippen LogP contribution is -2.19. The first-order valence-corrected chi connectivity index (χ1v) is 8.13. The van der Waals surface area contributed by atoms with Crippen LogP contribution in [0.15, 0.2) is 36.5 Å². The average molecular weight is 341 g/mol. The quantitative estimate of drug-likeness (QED) is 0.736. The van der Waals surface area contributed by atoms with Gasteiger partial charge in [-0.2, -0.15) is 9.49 Å². The van der Waals surface area contributed by atoms with Gasteiger partial charge in [-0.15, -0.1) is 0 Å². The molecule has 0 radical (unpaired) electrons. The van der Waals surface area contributed by atoms with Crippen molar-refractivity contribution in [2.45, 2.75) is 25.5 Å². The lowest BCUT2D eigenvalue weighted by atomic mass is 10.0. The van der Waals surface area contributed by atoms with Crippen LogP contribution < -0.4 is 0 Å². The van der Waals surface area contributed by atoms with Crippen LogP contribution in [0.5, 0.6) is 0 Å². The Labute approximate surface area is 142 Å². The Bertz CT molecular complexity index is 948. The molecule has 4 rings (SSSR count). The summed E-state index contributed by atoms with van der Waals surface area (Å²) in [6, 6.07) is 8.40. The van der Waals surface area contributed by atoms with Crippen molar-refractivity contribution in [3.05, 3.63) is 48.2 Å². The van der Waals surface area contributed by atoms with Gasteiger partial charge in [-0.1, -0.05) is 6.07 Å². The standard InChI is InChI=1S/C18H16FN3O3/c19-17-12(4-3-8-20-17)11-6-7-14-13(10-11)16(18(23)24)21-22(14)15-5-1-2-9-25-15/h3-4,6-8,10,15H,1-2,5,9H2,(H,23,24). The van der Waals surface area contributed by atoms with Gasteiger partial charge in [0.15, 0.2) is 11.9 Å². The molecule has 3 heterocycles. The van der Waals surface area contributed by atoms with Crippen LogP contribution in [-0.4, -0.2) is 32.4 Å². The molecule has 6 nitrogen and oxygen atoms in total. The molecule has 0 amide bonds. The van der Waals surface area contributed by atoms with E-state index < -0.39 is 11.9 Å². The lowest BCUT2D eigenvalue weighted by molar-refractivity contribution is -0.0368. The van der Waals surface area contributed by atoms with E-state index >= 15 is 0 Å². The molecule has 0 spiro atoms. The first-order chi connectivity index (χ1) is 12.1. The zero-order chi connectivity index (χ0) is 17.4. The van der Waals surface area contributed by atoms with E-state index in [1.54, 1.807) is 35.0 Å². The first kappa shape index (κ1) is 15.7. The number of carbonyl (C=O) groups is 1. The molecule has 128 valence electrons. The summed E-state index contributed by atoms with van der Waals surface area (Å²) < 4.78 is 21.3. The van der Waals surface area contributed by atoms with Gasteiger partial charge in [0.05, 0.1) is 5.52 Å². The number of pyridine rings is 1. The molecule has 1 fully saturated rings. The lowest BCUT2D eigenvalue weighted by Gasteiger charge is -2.23. The minimum Gasteiger partial charge on any atom is -0.476 e. The number of hydrogen-bond donors (Lipinski definition) is 1. The molecular formula is C18H16FN3O3. The predicted octanol–water partition coefficient (Wildman–Crippen LogP) is 3.63. The second-order valence-electron chi connectivity index (χ2n) is 5.99. The van der Waals surface area contributed by atoms with Crippen LogP contribution >= 0.6 is 0 Å². The molecule has 25 heavy (non-hydrogen) atoms. The van der Waals surface area contributed by atoms with E-state index in [9.17, 15) is 14.3 Å². The maximum Gasteiger partial charge on any atom is 0.357 e. The van der Waals surface area contributed by atoms with Gasteiger partial charge in [-0.05, 0) is 49.1 Å². The predicted molar refractivity (Wildman–Crippen MR) is 88.7 cm³/mol. The van der Waals surface area contributed by atoms with Crippen LogP contribution in [0.1, 0.15) is 36.0 Å². The second-order valence-corrected chi connectivity index (χ2v) is 5.99. The zero-order valence-corrected chi connectivity index (χ0v) is 13.4. The molecule has 3 aromatic rings. The summed E-state index contributed by atoms with van der Waals surface area (Å²) in [5.41, 5.74) is 1.49. The molecule has 1 unspecified atom stereocenters. The number of halogens is 1. The second kappa shape index (κ2) is 6.25. The van der Waals surface area contributed by atoms with Crippen LogP contribution in [-0.2, 0) is 4.74 Å². The molecule has 0 saturated carbocycles. The van der Waals surface area contributed by atoms with Gasteiger partial charge in [0, 0.05) is 23.8 Å². The van der Waals surface area contributed by atoms with E-state index in [0.717, 1.165) is 19.3 Å². The third-order valence-corrected chi connectivity index (χ3v) is 4.41. The number of hydrogen-bond acceptors (Lipinski definition) is 4. The molecule has 1 N–H and O–H groups in total. The number of aromatic nitrogens is 3. The highest BCUT2D eigenvalue weighted by Crippen LogP contribution is 2.31. The summed E-state index contributed by atoms with van der Waals surface area (Å²) in [6.45, 7) is 0.632. The number of benzene rings is 1. The Hall–Kier alpha value is -2.80. The highest BCUT2D eigenvalue weighted by molar-refractivity contribution is 6.02. The molecule has 1 aliphatic heterocycles. The molecular weight excluding hydrogens is 325 g/mol. The van der Waals surface area contributed by atoms with Crippen molar-refractivity contribution in [1.82, 2.24) is 14.8 Å². The fourth-order valence-corrected chi connectivity index (χ4v) is 3.20. The van der Waals surface area contributed by atoms with Crippen molar-refractivity contribution in [2.24, 2.45) is 0 Å². The number of carboxylic acids is 1. The smallest absolute Gasteiger partial charge is 0.357 e. The van der Waals surface area contributed by atoms with Crippen LogP contribution in [0.4, 0.5) is 4.39 Å². The first-order valence-electron chi connectivity index (χ1n) is 8.13. The number of carboxylic acid groups (broad SMARTS) is 1. The monoisotopic (exact) mass is 341 g/mol. The van der Waals surface area contributed by atoms with Gasteiger partial charge in [0.2, 0.25) is 5.95 Å². The van der Waals surface area contributed by atoms with E-state index in [-0.39, 0.29) is 11.9 Å². The maximum atomic E-state index is 14.0. The molecule has 1 aliphatic rings. The van der Waals surface area contributed by atoms with Crippen LogP contribution in [0.3, 0.4) is 0 Å². The summed E-state index contributed by atoms with van der Waals surface area (Å²) in [4.78, 5) is 15.3. The van der Waals surface area contributed by atoms with Crippen molar-refractivity contribution in [3.63, 3.8) is 0 Å². The average Bonchev–Trinajstić information content (AvgIpc) is 3.02. The van der Waals surface area contributed by atoms with Gasteiger partial charge in [-0.3, -0.25) is 0 Å². The van der Waals surface area contributed by atoms with E-state index in [4.69, 9.17) is 4.74 Å². The summed E-state index contributed by atoms with van der Waals surface area (Å²) in [6.07, 6.45) is 3.89. The SMILES string of the molecule is O=C(O)c1nn(C2CCCCO2)c2ccc(-c3cccnc3F)cc12. The maximum absolute atomic E-state index is 14.0. The van der Waals surface area contributed by atoms with Gasteiger partial charge >= 0.3 is 5.97 Å². The number of ether oxygens (including phenoxy) is 1. The normalized spacial score (nSPS) is 17.7. The summed E-state index contributed by atoms with van der Waals surface area (Å²) in [5.74, 6) is -1.72. The Morgan fingerprint density at radius 3 is 2.92 bits per heavy atom. The van der Waals surface area contributed by atoms with Gasteiger partial charge < -0.3 is 9.84 Å². The number of aromatic carboxylic acids is 1. The fourth-order valence-electron chi connectivity index (χ4n) is 3.20. The van der Waals surface area contributed by atoms with Gasteiger partial charge in [0.1, 0.15) is 0 Å². The Morgan fingerprint density at radius 2 is 2.20 bits per heavy atom. The number of fused-ring (bicyclic) bond motifs is 1. The molecule has 2 aromatic heterocycles. The summed E-state index contributed by atoms with van der Waals surface area (Å²) in [5, 5.41) is 14.2. The van der Waals surface area contributed by atoms with E-state index in [1.807, 2.05) is 0 Å². The fraction of sp³-hybridized carbons (Fsp3) is 0.278. The minimum atomic E-state index is -1.12. The van der Waals surface area contributed by atoms with Crippen LogP contribution in [0, 0.1) is 5.95 Å². The van der Waals surface area contributed by atoms with Crippen LogP contribution in [0.25, 0.3) is 22.0 Å². The highest BCUT2D eigenvalue weighted by Gasteiger charge is 2.24. The summed E-state index contributed by atoms with van der Waals surface area (Å²) in [7, 11) is 0. The molecule has 1 saturated heterocycles. The highest BCUT2D eigenvalue weighted by atomic mass is 19.1. The molecule has 1 atom stereocenters. The molecule has 0 bridgehead atoms. The Morgan fingerprint density at radius 1 is 1.32 bits per heavy atom. The van der Waals surface area contributed by atoms with Crippen LogP contribution in [0.2, 0.25) is 0 Å². The van der Waals surface area contributed by atoms with Gasteiger partial charge in [-0.25, -0.2) is 14.5 Å². The third-order valence-electron chi connectivity index (χ3n) is 4.41. The van der Waals surface area contributed by atoms with Crippen molar-refractivity contribution >= 4 is 16.9 Å². The van der Waals surface area contributed by atoms with Crippen molar-refractivity contribution in [3.8, 4) is 11.1 Å². The van der Waals surface area contributed by atoms with E-state index in [2.05, 4.69) is 10.1 Å². The Balaban J connectivity index is 1.88. The molecule has 7 heteroatoms. The summed E-state index contributed by atoms with van der Waals surface area (Å²) >= 11 is 0. The van der Waals surface area contributed by atoms with E-state index in [0.29, 0.717) is 28.6 Å². The largest absolute Gasteiger partial charge is 0.476 e. The third kappa shape index (κ3) is 2.76. The molecule has 1 aromatic carbocycles. The molecule has 0 aliphatic carbocycles. The number of nitrogens with zero attached hydrogens (tertiary/aromatic N) is 3.